The second kappa shape index (κ2) is 20.1. The summed E-state index contributed by atoms with van der Waals surface area (Å²) in [7, 11) is -16.8. The van der Waals surface area contributed by atoms with E-state index in [-0.39, 0.29) is 64.1 Å². The minimum absolute atomic E-state index is 0.0187. The Morgan fingerprint density at radius 1 is 0.935 bits per heavy atom. The van der Waals surface area contributed by atoms with Gasteiger partial charge in [0, 0.05) is 71.4 Å². The summed E-state index contributed by atoms with van der Waals surface area (Å²) in [6.45, 7) is 17.5. The molecule has 0 spiro atoms. The number of nitrogens with zero attached hydrogens (tertiary/aromatic N) is 4. The van der Waals surface area contributed by atoms with E-state index in [0.29, 0.717) is 33.4 Å². The molecule has 26 heteroatoms. The molecule has 0 radical (unpaired) electrons. The van der Waals surface area contributed by atoms with Gasteiger partial charge in [0.15, 0.2) is 11.2 Å². The Morgan fingerprint density at radius 2 is 1.66 bits per heavy atom. The number of benzene rings is 3. The Hall–Kier alpha value is -6.50. The van der Waals surface area contributed by atoms with Crippen LogP contribution in [0.1, 0.15) is 123 Å². The van der Waals surface area contributed by atoms with Crippen LogP contribution in [-0.2, 0) is 31.6 Å². The van der Waals surface area contributed by atoms with Crippen molar-refractivity contribution in [2.45, 2.75) is 91.6 Å². The van der Waals surface area contributed by atoms with Crippen molar-refractivity contribution in [1.29, 1.82) is 0 Å². The molecule has 77 heavy (non-hydrogen) atoms. The van der Waals surface area contributed by atoms with Crippen molar-refractivity contribution in [3.8, 4) is 23.3 Å². The molecule has 5 aromatic rings. The first-order chi connectivity index (χ1) is 36.0. The first-order valence-electron chi connectivity index (χ1n) is 24.4. The number of H-pyrrole nitrogens is 1. The van der Waals surface area contributed by atoms with Crippen molar-refractivity contribution in [2.75, 3.05) is 36.9 Å². The number of hydrogen-bond acceptors (Lipinski definition) is 14. The highest BCUT2D eigenvalue weighted by atomic mass is 31.3. The molecule has 4 atom stereocenters. The molecule has 406 valence electrons. The minimum Gasteiger partial charge on any atom is -0.478 e. The van der Waals surface area contributed by atoms with Gasteiger partial charge in [-0.05, 0) is 101 Å². The summed E-state index contributed by atoms with van der Waals surface area (Å²) < 4.78 is 63.9. The molecule has 0 saturated carbocycles. The quantitative estimate of drug-likeness (QED) is 0.0358. The number of likely N-dealkylation sites (N-methyl/N-ethyl adjacent to an activating group) is 2. The third-order valence-electron chi connectivity index (χ3n) is 13.8. The van der Waals surface area contributed by atoms with Crippen LogP contribution in [0.2, 0.25) is 0 Å². The van der Waals surface area contributed by atoms with E-state index in [4.69, 9.17) is 29.5 Å². The fraction of sp³-hybridized carbons (Fsp3) is 0.353. The number of amides is 1. The third-order valence-corrected chi connectivity index (χ3v) is 17.6. The van der Waals surface area contributed by atoms with E-state index in [1.165, 1.54) is 16.8 Å². The van der Waals surface area contributed by atoms with Crippen molar-refractivity contribution >= 4 is 74.7 Å². The van der Waals surface area contributed by atoms with Crippen LogP contribution in [0.25, 0.3) is 27.8 Å². The summed E-state index contributed by atoms with van der Waals surface area (Å²) >= 11 is 0. The van der Waals surface area contributed by atoms with Crippen LogP contribution >= 0.6 is 23.5 Å². The standard InChI is InChI=1S/C51H56N7O16P3/c1-9-57-38-21-40-36(19-33(38)27(3)23-50(57,5)6)44(37-20-34-28(4)24-51(7,8)58(10-2)39(34)22-41(37)72-40)32-15-13-29(18-35(32)48(61)62)46(59)53-17-11-12-30-25-56(45-43(30)47(60)55-49(52)54-45)42-16-14-31(71-42)26-70-76(66,67)74-77(68,69)73-75(63,64)65/h13,15,18-25,31,42H,9-10,14,16-17,26H2,1-8H3,(H8-,52,53,54,55,59,60,61,62,63,64,65,66,67,68,69)/p+1/t31-,42+/m0/s1. The van der Waals surface area contributed by atoms with Crippen LogP contribution < -0.4 is 41.4 Å². The third kappa shape index (κ3) is 10.9. The van der Waals surface area contributed by atoms with Gasteiger partial charge in [-0.25, -0.2) is 23.1 Å². The number of rotatable bonds is 14. The molecule has 2 unspecified atom stereocenters. The Labute approximate surface area is 440 Å². The Bertz CT molecular complexity index is 3850. The van der Waals surface area contributed by atoms with E-state index in [2.05, 4.69) is 125 Å². The van der Waals surface area contributed by atoms with Crippen molar-refractivity contribution < 1.29 is 70.6 Å². The molecular formula is C51H57N7O16P3+. The summed E-state index contributed by atoms with van der Waals surface area (Å²) in [5, 5.41) is 15.4. The normalized spacial score (nSPS) is 19.8. The number of carboxylic acids is 1. The molecule has 9 rings (SSSR count). The Balaban J connectivity index is 1.01. The molecular weight excluding hydrogens is 1060 g/mol. The molecule has 1 amide bonds. The zero-order valence-electron chi connectivity index (χ0n) is 43.1. The van der Waals surface area contributed by atoms with E-state index >= 15 is 0 Å². The highest BCUT2D eigenvalue weighted by Crippen LogP contribution is 2.66. The maximum absolute atomic E-state index is 13.8. The largest absolute Gasteiger partial charge is 0.490 e. The molecule has 1 fully saturated rings. The monoisotopic (exact) mass is 1120 g/mol. The Morgan fingerprint density at radius 3 is 2.35 bits per heavy atom. The number of fused-ring (bicyclic) bond motifs is 5. The summed E-state index contributed by atoms with van der Waals surface area (Å²) in [5.74, 6) is 4.71. The van der Waals surface area contributed by atoms with E-state index in [9.17, 15) is 43.0 Å². The number of phosphoric acid groups is 3. The average Bonchev–Trinajstić information content (AvgIpc) is 4.00. The number of nitrogens with two attached hydrogens (primary N) is 1. The first kappa shape index (κ1) is 55.3. The van der Waals surface area contributed by atoms with Gasteiger partial charge in [-0.3, -0.25) is 19.1 Å². The maximum atomic E-state index is 13.8. The van der Waals surface area contributed by atoms with Gasteiger partial charge < -0.3 is 54.7 Å². The molecule has 23 nitrogen and oxygen atoms in total. The van der Waals surface area contributed by atoms with E-state index in [0.717, 1.165) is 46.4 Å². The summed E-state index contributed by atoms with van der Waals surface area (Å²) in [5.41, 5.74) is 11.6. The van der Waals surface area contributed by atoms with Gasteiger partial charge in [-0.2, -0.15) is 13.6 Å². The smallest absolute Gasteiger partial charge is 0.478 e. The number of carboxylic acid groups (broad SMARTS) is 1. The average molecular weight is 1120 g/mol. The van der Waals surface area contributed by atoms with Crippen LogP contribution in [0, 0.1) is 11.8 Å². The molecule has 3 aromatic carbocycles. The van der Waals surface area contributed by atoms with Gasteiger partial charge in [0.1, 0.15) is 24.3 Å². The number of anilines is 2. The summed E-state index contributed by atoms with van der Waals surface area (Å²) in [4.78, 5) is 86.5. The number of allylic oxidation sites excluding steroid dienone is 2. The van der Waals surface area contributed by atoms with Gasteiger partial charge in [-0.1, -0.05) is 24.0 Å². The lowest BCUT2D eigenvalue weighted by Gasteiger charge is -2.43. The number of hydrogen-bond donors (Lipinski definition) is 8. The number of phosphoric ester groups is 1. The van der Waals surface area contributed by atoms with Gasteiger partial charge in [-0.15, -0.1) is 0 Å². The maximum Gasteiger partial charge on any atom is 0.490 e. The molecule has 9 N–H and O–H groups in total. The fourth-order valence-electron chi connectivity index (χ4n) is 10.9. The number of carbonyl (C=O) groups is 2. The second-order valence-electron chi connectivity index (χ2n) is 20.0. The molecule has 0 bridgehead atoms. The van der Waals surface area contributed by atoms with Gasteiger partial charge >= 0.3 is 29.4 Å². The van der Waals surface area contributed by atoms with Gasteiger partial charge in [0.05, 0.1) is 47.4 Å². The van der Waals surface area contributed by atoms with Crippen LogP contribution in [0.3, 0.4) is 0 Å². The predicted molar refractivity (Wildman–Crippen MR) is 284 cm³/mol. The van der Waals surface area contributed by atoms with Crippen LogP contribution in [0.15, 0.2) is 65.6 Å². The van der Waals surface area contributed by atoms with Crippen molar-refractivity contribution in [3.63, 3.8) is 0 Å². The number of carbonyl (C=O) groups excluding carboxylic acids is 1. The Kier molecular flexibility index (Phi) is 14.4. The van der Waals surface area contributed by atoms with E-state index in [1.54, 1.807) is 12.1 Å². The lowest BCUT2D eigenvalue weighted by molar-refractivity contribution is -0.0202. The number of aromatic amines is 1. The van der Waals surface area contributed by atoms with E-state index < -0.39 is 59.8 Å². The van der Waals surface area contributed by atoms with Crippen molar-refractivity contribution in [2.24, 2.45) is 0 Å². The highest BCUT2D eigenvalue weighted by molar-refractivity contribution is 7.66. The number of ether oxygens (including phenoxy) is 2. The fourth-order valence-corrected chi connectivity index (χ4v) is 14.0. The SMILES string of the molecule is CCN1c2cc3c(cc2C(C)=CC1(C)C)C(c1ccc(C(=O)NCC#Cc2cn([C@H]4CC[C@@H](COP(=O)(O)OP(=O)(O)OP(=O)(O)O)O4)c4nc(N)[nH]c(=O)c24)cc1C(=O)O)=c1cc2c(cc1O3)=[N+](CC)C(C)(C)C=C2C. The summed E-state index contributed by atoms with van der Waals surface area (Å²) in [6, 6.07) is 12.8. The number of nitrogen functional groups attached to an aromatic ring is 1. The predicted octanol–water partition coefficient (Wildman–Crippen LogP) is 5.89. The molecule has 4 aliphatic heterocycles. The van der Waals surface area contributed by atoms with Gasteiger partial charge in [0.2, 0.25) is 11.3 Å². The van der Waals surface area contributed by atoms with Crippen LogP contribution in [0.5, 0.6) is 11.5 Å². The lowest BCUT2D eigenvalue weighted by atomic mass is 9.83. The summed E-state index contributed by atoms with van der Waals surface area (Å²) in [6.07, 6.45) is 4.49. The molecule has 2 aromatic heterocycles. The molecule has 0 aliphatic carbocycles. The second-order valence-corrected chi connectivity index (χ2v) is 24.4. The zero-order chi connectivity index (χ0) is 55.9. The molecule has 4 aliphatic rings. The van der Waals surface area contributed by atoms with E-state index in [1.807, 2.05) is 12.1 Å². The zero-order valence-corrected chi connectivity index (χ0v) is 45.8. The van der Waals surface area contributed by atoms with Crippen LogP contribution in [-0.4, -0.2) is 94.5 Å². The number of aromatic carboxylic acids is 1. The van der Waals surface area contributed by atoms with Crippen molar-refractivity contribution in [1.82, 2.24) is 24.4 Å². The molecule has 1 saturated heterocycles. The number of nitrogens with one attached hydrogen (secondary N) is 2. The topological polar surface area (TPSA) is 328 Å². The number of aromatic nitrogens is 3. The minimum atomic E-state index is -5.74. The lowest BCUT2D eigenvalue weighted by Crippen LogP contribution is -2.49. The van der Waals surface area contributed by atoms with Crippen molar-refractivity contribution in [3.05, 3.63) is 121 Å². The highest BCUT2D eigenvalue weighted by Gasteiger charge is 2.42. The van der Waals surface area contributed by atoms with Crippen LogP contribution in [0.4, 0.5) is 11.6 Å². The first-order valence-corrected chi connectivity index (χ1v) is 28.9. The molecule has 6 heterocycles. The van der Waals surface area contributed by atoms with Gasteiger partial charge in [0.25, 0.3) is 11.5 Å².